The number of rotatable bonds is 4. The van der Waals surface area contributed by atoms with Crippen LogP contribution in [0.2, 0.25) is 0 Å². The molecule has 0 unspecified atom stereocenters. The van der Waals surface area contributed by atoms with Crippen molar-refractivity contribution < 1.29 is 9.59 Å². The van der Waals surface area contributed by atoms with Crippen LogP contribution in [0.3, 0.4) is 0 Å². The van der Waals surface area contributed by atoms with Gasteiger partial charge in [-0.05, 0) is 55.0 Å². The number of hydrogen-bond donors (Lipinski definition) is 1. The van der Waals surface area contributed by atoms with Gasteiger partial charge in [0.1, 0.15) is 0 Å². The lowest BCUT2D eigenvalue weighted by Gasteiger charge is -2.30. The molecule has 2 aromatic carbocycles. The molecule has 0 aliphatic carbocycles. The molecule has 1 N–H and O–H groups in total. The highest BCUT2D eigenvalue weighted by molar-refractivity contribution is 5.97. The Kier molecular flexibility index (Phi) is 5.71. The number of likely N-dealkylation sites (tertiary alicyclic amines) is 1. The molecule has 1 fully saturated rings. The standard InChI is InChI=1S/C22H26N2O2/c1-16-10-12-24(13-11-16)22(26)19-8-5-9-20(14-19)23-21(25)15-18-7-4-3-6-17(18)2/h3-9,14,16H,10-13,15H2,1-2H3,(H,23,25). The van der Waals surface area contributed by atoms with Crippen molar-refractivity contribution in [2.45, 2.75) is 33.1 Å². The highest BCUT2D eigenvalue weighted by Crippen LogP contribution is 2.20. The number of hydrogen-bond acceptors (Lipinski definition) is 2. The SMILES string of the molecule is Cc1ccccc1CC(=O)Nc1cccc(C(=O)N2CCC(C)CC2)c1. The topological polar surface area (TPSA) is 49.4 Å². The summed E-state index contributed by atoms with van der Waals surface area (Å²) >= 11 is 0. The van der Waals surface area contributed by atoms with Crippen LogP contribution in [0.25, 0.3) is 0 Å². The quantitative estimate of drug-likeness (QED) is 0.904. The van der Waals surface area contributed by atoms with Crippen molar-refractivity contribution in [1.82, 2.24) is 4.90 Å². The minimum Gasteiger partial charge on any atom is -0.339 e. The Labute approximate surface area is 155 Å². The maximum atomic E-state index is 12.7. The molecule has 1 heterocycles. The summed E-state index contributed by atoms with van der Waals surface area (Å²) in [6.45, 7) is 5.85. The molecule has 4 heteroatoms. The first kappa shape index (κ1) is 18.2. The van der Waals surface area contributed by atoms with Crippen LogP contribution < -0.4 is 5.32 Å². The average molecular weight is 350 g/mol. The summed E-state index contributed by atoms with van der Waals surface area (Å²) < 4.78 is 0. The summed E-state index contributed by atoms with van der Waals surface area (Å²) in [7, 11) is 0. The number of carbonyl (C=O) groups is 2. The largest absolute Gasteiger partial charge is 0.339 e. The lowest BCUT2D eigenvalue weighted by atomic mass is 9.98. The Balaban J connectivity index is 1.64. The third kappa shape index (κ3) is 4.51. The molecule has 1 aliphatic heterocycles. The van der Waals surface area contributed by atoms with Gasteiger partial charge in [0.05, 0.1) is 6.42 Å². The number of nitrogens with zero attached hydrogens (tertiary/aromatic N) is 1. The molecule has 3 rings (SSSR count). The van der Waals surface area contributed by atoms with Gasteiger partial charge in [0, 0.05) is 24.3 Å². The zero-order chi connectivity index (χ0) is 18.5. The molecular formula is C22H26N2O2. The predicted molar refractivity (Wildman–Crippen MR) is 104 cm³/mol. The second-order valence-corrected chi connectivity index (χ2v) is 7.21. The van der Waals surface area contributed by atoms with E-state index in [2.05, 4.69) is 12.2 Å². The second-order valence-electron chi connectivity index (χ2n) is 7.21. The molecule has 0 saturated carbocycles. The normalized spacial score (nSPS) is 14.9. The van der Waals surface area contributed by atoms with Gasteiger partial charge in [-0.3, -0.25) is 9.59 Å². The van der Waals surface area contributed by atoms with Gasteiger partial charge in [-0.1, -0.05) is 37.3 Å². The smallest absolute Gasteiger partial charge is 0.253 e. The van der Waals surface area contributed by atoms with Crippen molar-refractivity contribution in [1.29, 1.82) is 0 Å². The third-order valence-electron chi connectivity index (χ3n) is 5.08. The third-order valence-corrected chi connectivity index (χ3v) is 5.08. The van der Waals surface area contributed by atoms with E-state index in [1.807, 2.05) is 54.3 Å². The van der Waals surface area contributed by atoms with Gasteiger partial charge in [-0.15, -0.1) is 0 Å². The fourth-order valence-corrected chi connectivity index (χ4v) is 3.31. The van der Waals surface area contributed by atoms with E-state index in [1.54, 1.807) is 6.07 Å². The Hall–Kier alpha value is -2.62. The number of aryl methyl sites for hydroxylation is 1. The Morgan fingerprint density at radius 3 is 2.54 bits per heavy atom. The van der Waals surface area contributed by atoms with Gasteiger partial charge < -0.3 is 10.2 Å². The minimum absolute atomic E-state index is 0.0481. The molecule has 0 spiro atoms. The van der Waals surface area contributed by atoms with Crippen LogP contribution in [0, 0.1) is 12.8 Å². The number of amides is 2. The molecule has 1 aliphatic rings. The number of anilines is 1. The maximum Gasteiger partial charge on any atom is 0.253 e. The first-order chi connectivity index (χ1) is 12.5. The molecule has 136 valence electrons. The van der Waals surface area contributed by atoms with Crippen molar-refractivity contribution in [2.24, 2.45) is 5.92 Å². The van der Waals surface area contributed by atoms with Crippen LogP contribution in [0.1, 0.15) is 41.3 Å². The zero-order valence-corrected chi connectivity index (χ0v) is 15.5. The van der Waals surface area contributed by atoms with E-state index in [0.29, 0.717) is 23.6 Å². The summed E-state index contributed by atoms with van der Waals surface area (Å²) in [4.78, 5) is 27.0. The van der Waals surface area contributed by atoms with Gasteiger partial charge in [-0.25, -0.2) is 0 Å². The van der Waals surface area contributed by atoms with Crippen LogP contribution in [0.4, 0.5) is 5.69 Å². The minimum atomic E-state index is -0.0734. The molecule has 0 aromatic heterocycles. The molecule has 4 nitrogen and oxygen atoms in total. The molecule has 0 atom stereocenters. The van der Waals surface area contributed by atoms with Crippen molar-refractivity contribution in [3.8, 4) is 0 Å². The van der Waals surface area contributed by atoms with Crippen molar-refractivity contribution >= 4 is 17.5 Å². The number of benzene rings is 2. The summed E-state index contributed by atoms with van der Waals surface area (Å²) in [6.07, 6.45) is 2.44. The van der Waals surface area contributed by atoms with Crippen molar-refractivity contribution in [3.63, 3.8) is 0 Å². The van der Waals surface area contributed by atoms with Crippen LogP contribution in [-0.2, 0) is 11.2 Å². The molecule has 0 radical (unpaired) electrons. The molecule has 1 saturated heterocycles. The Bertz CT molecular complexity index is 792. The first-order valence-corrected chi connectivity index (χ1v) is 9.26. The lowest BCUT2D eigenvalue weighted by Crippen LogP contribution is -2.37. The number of piperidine rings is 1. The van der Waals surface area contributed by atoms with Gasteiger partial charge in [-0.2, -0.15) is 0 Å². The van der Waals surface area contributed by atoms with Crippen LogP contribution in [0.15, 0.2) is 48.5 Å². The lowest BCUT2D eigenvalue weighted by molar-refractivity contribution is -0.115. The summed E-state index contributed by atoms with van der Waals surface area (Å²) in [5.74, 6) is 0.661. The number of carbonyl (C=O) groups excluding carboxylic acids is 2. The van der Waals surface area contributed by atoms with Crippen LogP contribution in [0.5, 0.6) is 0 Å². The molecule has 0 bridgehead atoms. The monoisotopic (exact) mass is 350 g/mol. The van der Waals surface area contributed by atoms with Crippen molar-refractivity contribution in [3.05, 3.63) is 65.2 Å². The van der Waals surface area contributed by atoms with E-state index in [4.69, 9.17) is 0 Å². The van der Waals surface area contributed by atoms with E-state index in [9.17, 15) is 9.59 Å². The second kappa shape index (κ2) is 8.17. The highest BCUT2D eigenvalue weighted by Gasteiger charge is 2.21. The van der Waals surface area contributed by atoms with E-state index in [0.717, 1.165) is 37.1 Å². The van der Waals surface area contributed by atoms with Crippen LogP contribution in [-0.4, -0.2) is 29.8 Å². The summed E-state index contributed by atoms with van der Waals surface area (Å²) in [5.41, 5.74) is 3.42. The van der Waals surface area contributed by atoms with Gasteiger partial charge in [0.25, 0.3) is 5.91 Å². The van der Waals surface area contributed by atoms with E-state index < -0.39 is 0 Å². The van der Waals surface area contributed by atoms with Gasteiger partial charge in [0.2, 0.25) is 5.91 Å². The Morgan fingerprint density at radius 1 is 1.08 bits per heavy atom. The molecule has 2 aromatic rings. The van der Waals surface area contributed by atoms with E-state index >= 15 is 0 Å². The summed E-state index contributed by atoms with van der Waals surface area (Å²) in [6, 6.07) is 15.1. The van der Waals surface area contributed by atoms with Gasteiger partial charge >= 0.3 is 0 Å². The molecule has 2 amide bonds. The summed E-state index contributed by atoms with van der Waals surface area (Å²) in [5, 5.41) is 2.91. The average Bonchev–Trinajstić information content (AvgIpc) is 2.64. The first-order valence-electron chi connectivity index (χ1n) is 9.26. The number of nitrogens with one attached hydrogen (secondary N) is 1. The van der Waals surface area contributed by atoms with E-state index in [1.165, 1.54) is 0 Å². The molecular weight excluding hydrogens is 324 g/mol. The predicted octanol–water partition coefficient (Wildman–Crippen LogP) is 4.05. The Morgan fingerprint density at radius 2 is 1.81 bits per heavy atom. The van der Waals surface area contributed by atoms with Crippen molar-refractivity contribution in [2.75, 3.05) is 18.4 Å². The van der Waals surface area contributed by atoms with Gasteiger partial charge in [0.15, 0.2) is 0 Å². The highest BCUT2D eigenvalue weighted by atomic mass is 16.2. The fourth-order valence-electron chi connectivity index (χ4n) is 3.31. The maximum absolute atomic E-state index is 12.7. The van der Waals surface area contributed by atoms with E-state index in [-0.39, 0.29) is 11.8 Å². The zero-order valence-electron chi connectivity index (χ0n) is 15.5. The van der Waals surface area contributed by atoms with Crippen LogP contribution >= 0.6 is 0 Å². The fraction of sp³-hybridized carbons (Fsp3) is 0.364. The molecule has 26 heavy (non-hydrogen) atoms.